The van der Waals surface area contributed by atoms with Crippen LogP contribution in [-0.4, -0.2) is 53.6 Å². The molecule has 172 valence electrons. The number of morpholine rings is 1. The average molecular weight is 446 g/mol. The lowest BCUT2D eigenvalue weighted by Gasteiger charge is -2.26. The molecule has 0 saturated carbocycles. The van der Waals surface area contributed by atoms with Crippen LogP contribution < -0.4 is 10.6 Å². The van der Waals surface area contributed by atoms with Gasteiger partial charge in [-0.25, -0.2) is 9.97 Å². The highest BCUT2D eigenvalue weighted by atomic mass is 16.5. The van der Waals surface area contributed by atoms with Gasteiger partial charge in [-0.3, -0.25) is 9.69 Å². The Bertz CT molecular complexity index is 1050. The van der Waals surface area contributed by atoms with Gasteiger partial charge in [0.05, 0.1) is 18.9 Å². The number of unbranched alkanes of at least 4 members (excludes halogenated alkanes) is 1. The molecule has 4 rings (SSSR count). The summed E-state index contributed by atoms with van der Waals surface area (Å²) < 4.78 is 5.41. The Morgan fingerprint density at radius 2 is 1.85 bits per heavy atom. The van der Waals surface area contributed by atoms with Crippen LogP contribution in [0.15, 0.2) is 60.8 Å². The van der Waals surface area contributed by atoms with Gasteiger partial charge in [-0.15, -0.1) is 0 Å². The lowest BCUT2D eigenvalue weighted by Crippen LogP contribution is -2.36. The number of aryl methyl sites for hydroxylation is 1. The van der Waals surface area contributed by atoms with Crippen LogP contribution in [0.4, 0.5) is 17.3 Å². The first-order chi connectivity index (χ1) is 16.2. The first-order valence-corrected chi connectivity index (χ1v) is 11.5. The largest absolute Gasteiger partial charge is 0.379 e. The van der Waals surface area contributed by atoms with Crippen molar-refractivity contribution in [1.29, 1.82) is 0 Å². The van der Waals surface area contributed by atoms with Crippen molar-refractivity contribution in [2.24, 2.45) is 0 Å². The molecular weight excluding hydrogens is 414 g/mol. The van der Waals surface area contributed by atoms with Crippen molar-refractivity contribution in [2.45, 2.75) is 26.2 Å². The van der Waals surface area contributed by atoms with Crippen LogP contribution in [0.2, 0.25) is 0 Å². The number of benzene rings is 2. The van der Waals surface area contributed by atoms with Crippen molar-refractivity contribution >= 4 is 23.2 Å². The molecule has 2 N–H and O–H groups in total. The quantitative estimate of drug-likeness (QED) is 0.472. The van der Waals surface area contributed by atoms with Crippen molar-refractivity contribution in [3.63, 3.8) is 0 Å². The Balaban J connectivity index is 1.32. The molecule has 2 aromatic carbocycles. The second-order valence-electron chi connectivity index (χ2n) is 8.26. The van der Waals surface area contributed by atoms with E-state index in [1.807, 2.05) is 36.4 Å². The normalized spacial score (nSPS) is 14.1. The maximum absolute atomic E-state index is 11.2. The van der Waals surface area contributed by atoms with Crippen LogP contribution in [0, 0.1) is 0 Å². The van der Waals surface area contributed by atoms with Gasteiger partial charge in [-0.1, -0.05) is 24.3 Å². The van der Waals surface area contributed by atoms with Crippen LogP contribution in [0.3, 0.4) is 0 Å². The minimum absolute atomic E-state index is 0.0874. The molecule has 1 aromatic heterocycles. The zero-order chi connectivity index (χ0) is 22.9. The van der Waals surface area contributed by atoms with Gasteiger partial charge >= 0.3 is 0 Å². The summed E-state index contributed by atoms with van der Waals surface area (Å²) in [5.74, 6) is 0.471. The lowest BCUT2D eigenvalue weighted by atomic mass is 10.1. The molecule has 7 heteroatoms. The molecule has 0 unspecified atom stereocenters. The molecule has 1 aliphatic heterocycles. The first-order valence-electron chi connectivity index (χ1n) is 11.5. The summed E-state index contributed by atoms with van der Waals surface area (Å²) in [6.07, 6.45) is 5.17. The van der Waals surface area contributed by atoms with Crippen LogP contribution in [0.25, 0.3) is 11.3 Å². The number of ether oxygens (including phenoxy) is 1. The predicted molar refractivity (Wildman–Crippen MR) is 132 cm³/mol. The minimum atomic E-state index is -0.0874. The molecule has 0 aliphatic carbocycles. The number of nitrogens with zero attached hydrogens (tertiary/aromatic N) is 3. The van der Waals surface area contributed by atoms with E-state index in [-0.39, 0.29) is 5.91 Å². The number of aromatic nitrogens is 2. The molecule has 3 aromatic rings. The van der Waals surface area contributed by atoms with Gasteiger partial charge in [0.25, 0.3) is 0 Å². The van der Waals surface area contributed by atoms with Crippen LogP contribution >= 0.6 is 0 Å². The second-order valence-corrected chi connectivity index (χ2v) is 8.26. The lowest BCUT2D eigenvalue weighted by molar-refractivity contribution is -0.114. The fraction of sp³-hybridized carbons (Fsp3) is 0.346. The van der Waals surface area contributed by atoms with E-state index in [0.717, 1.165) is 61.9 Å². The number of hydrogen-bond acceptors (Lipinski definition) is 6. The van der Waals surface area contributed by atoms with Crippen molar-refractivity contribution in [3.05, 3.63) is 66.4 Å². The van der Waals surface area contributed by atoms with E-state index in [4.69, 9.17) is 4.74 Å². The summed E-state index contributed by atoms with van der Waals surface area (Å²) in [4.78, 5) is 22.7. The summed E-state index contributed by atoms with van der Waals surface area (Å²) in [6.45, 7) is 6.47. The highest BCUT2D eigenvalue weighted by molar-refractivity contribution is 5.88. The smallest absolute Gasteiger partial charge is 0.227 e. The van der Waals surface area contributed by atoms with E-state index in [1.54, 1.807) is 6.20 Å². The Morgan fingerprint density at radius 3 is 2.64 bits per heavy atom. The molecule has 33 heavy (non-hydrogen) atoms. The maximum atomic E-state index is 11.2. The summed E-state index contributed by atoms with van der Waals surface area (Å²) in [5, 5.41) is 6.11. The molecule has 7 nitrogen and oxygen atoms in total. The summed E-state index contributed by atoms with van der Waals surface area (Å²) in [7, 11) is 0. The van der Waals surface area contributed by atoms with Crippen molar-refractivity contribution < 1.29 is 9.53 Å². The standard InChI is InChI=1S/C26H31N5O2/c1-20(32)28-23-10-8-22(9-11-23)25-12-13-27-26(30-25)29-24-7-4-6-21(19-24)5-2-3-14-31-15-17-33-18-16-31/h4,6-13,19H,2-3,5,14-18H2,1H3,(H,28,32)(H,27,29,30). The zero-order valence-electron chi connectivity index (χ0n) is 19.1. The van der Waals surface area contributed by atoms with E-state index in [1.165, 1.54) is 25.3 Å². The highest BCUT2D eigenvalue weighted by Crippen LogP contribution is 2.22. The monoisotopic (exact) mass is 445 g/mol. The van der Waals surface area contributed by atoms with Crippen molar-refractivity contribution in [2.75, 3.05) is 43.5 Å². The highest BCUT2D eigenvalue weighted by Gasteiger charge is 2.09. The molecule has 1 amide bonds. The first kappa shape index (κ1) is 22.9. The third-order valence-electron chi connectivity index (χ3n) is 5.63. The van der Waals surface area contributed by atoms with Crippen molar-refractivity contribution in [1.82, 2.24) is 14.9 Å². The summed E-state index contributed by atoms with van der Waals surface area (Å²) >= 11 is 0. The van der Waals surface area contributed by atoms with E-state index in [2.05, 4.69) is 43.7 Å². The van der Waals surface area contributed by atoms with E-state index in [0.29, 0.717) is 5.95 Å². The van der Waals surface area contributed by atoms with Gasteiger partial charge < -0.3 is 15.4 Å². The third-order valence-corrected chi connectivity index (χ3v) is 5.63. The van der Waals surface area contributed by atoms with Crippen LogP contribution in [0.5, 0.6) is 0 Å². The number of carbonyl (C=O) groups is 1. The molecule has 1 fully saturated rings. The molecule has 1 aliphatic rings. The summed E-state index contributed by atoms with van der Waals surface area (Å²) in [5.41, 5.74) is 4.84. The molecule has 1 saturated heterocycles. The summed E-state index contributed by atoms with van der Waals surface area (Å²) in [6, 6.07) is 18.0. The topological polar surface area (TPSA) is 79.4 Å². The molecular formula is C26H31N5O2. The maximum Gasteiger partial charge on any atom is 0.227 e. The van der Waals surface area contributed by atoms with E-state index in [9.17, 15) is 4.79 Å². The Morgan fingerprint density at radius 1 is 1.03 bits per heavy atom. The van der Waals surface area contributed by atoms with Gasteiger partial charge in [0.1, 0.15) is 0 Å². The number of nitrogens with one attached hydrogen (secondary N) is 2. The van der Waals surface area contributed by atoms with E-state index < -0.39 is 0 Å². The van der Waals surface area contributed by atoms with Gasteiger partial charge in [-0.2, -0.15) is 0 Å². The van der Waals surface area contributed by atoms with E-state index >= 15 is 0 Å². The minimum Gasteiger partial charge on any atom is -0.379 e. The fourth-order valence-corrected chi connectivity index (χ4v) is 3.93. The number of anilines is 3. The number of amides is 1. The molecule has 0 spiro atoms. The second kappa shape index (κ2) is 11.5. The fourth-order valence-electron chi connectivity index (χ4n) is 3.93. The Hall–Kier alpha value is -3.29. The molecule has 0 radical (unpaired) electrons. The Labute approximate surface area is 195 Å². The van der Waals surface area contributed by atoms with Gasteiger partial charge in [-0.05, 0) is 61.7 Å². The average Bonchev–Trinajstić information content (AvgIpc) is 2.83. The number of hydrogen-bond donors (Lipinski definition) is 2. The number of carbonyl (C=O) groups excluding carboxylic acids is 1. The van der Waals surface area contributed by atoms with Crippen LogP contribution in [-0.2, 0) is 16.0 Å². The van der Waals surface area contributed by atoms with Gasteiger partial charge in [0, 0.05) is 43.1 Å². The molecule has 0 atom stereocenters. The number of rotatable bonds is 9. The zero-order valence-corrected chi connectivity index (χ0v) is 19.1. The van der Waals surface area contributed by atoms with Gasteiger partial charge in [0.2, 0.25) is 11.9 Å². The van der Waals surface area contributed by atoms with Crippen molar-refractivity contribution in [3.8, 4) is 11.3 Å². The molecule has 0 bridgehead atoms. The molecule has 2 heterocycles. The van der Waals surface area contributed by atoms with Gasteiger partial charge in [0.15, 0.2) is 0 Å². The Kier molecular flexibility index (Phi) is 8.00. The SMILES string of the molecule is CC(=O)Nc1ccc(-c2ccnc(Nc3cccc(CCCCN4CCOCC4)c3)n2)cc1. The third kappa shape index (κ3) is 7.10. The van der Waals surface area contributed by atoms with Crippen LogP contribution in [0.1, 0.15) is 25.3 Å². The predicted octanol–water partition coefficient (Wildman–Crippen LogP) is 4.50.